The van der Waals surface area contributed by atoms with Gasteiger partial charge in [0.1, 0.15) is 0 Å². The molecule has 3 aromatic rings. The van der Waals surface area contributed by atoms with Crippen LogP contribution < -0.4 is 10.9 Å². The van der Waals surface area contributed by atoms with Gasteiger partial charge in [0.05, 0.1) is 18.5 Å². The highest BCUT2D eigenvalue weighted by Gasteiger charge is 2.19. The van der Waals surface area contributed by atoms with E-state index < -0.39 is 24.0 Å². The fraction of sp³-hybridized carbons (Fsp3) is 0.200. The van der Waals surface area contributed by atoms with Crippen LogP contribution in [0.1, 0.15) is 16.1 Å². The van der Waals surface area contributed by atoms with Crippen LogP contribution in [0.5, 0.6) is 0 Å². The molecule has 9 heteroatoms. The Hall–Kier alpha value is -3.23. The van der Waals surface area contributed by atoms with Gasteiger partial charge in [0.25, 0.3) is 11.5 Å². The smallest absolute Gasteiger partial charge is 0.359 e. The van der Waals surface area contributed by atoms with Gasteiger partial charge in [-0.3, -0.25) is 9.59 Å². The SMILES string of the molecule is Cc1c(Cl)cccc1NC(=O)COC(=O)c1nn(CCO)c(=O)c2ccccc12. The van der Waals surface area contributed by atoms with Crippen molar-refractivity contribution in [3.63, 3.8) is 0 Å². The number of aliphatic hydroxyl groups excluding tert-OH is 1. The van der Waals surface area contributed by atoms with Crippen LogP contribution in [-0.4, -0.2) is 40.0 Å². The summed E-state index contributed by atoms with van der Waals surface area (Å²) in [6, 6.07) is 11.5. The zero-order valence-corrected chi connectivity index (χ0v) is 16.3. The molecule has 0 radical (unpaired) electrons. The minimum absolute atomic E-state index is 0.0710. The lowest BCUT2D eigenvalue weighted by atomic mass is 10.1. The highest BCUT2D eigenvalue weighted by atomic mass is 35.5. The van der Waals surface area contributed by atoms with Crippen molar-refractivity contribution >= 4 is 39.9 Å². The quantitative estimate of drug-likeness (QED) is 0.597. The molecule has 0 saturated heterocycles. The number of benzene rings is 2. The number of carbonyl (C=O) groups excluding carboxylic acids is 2. The van der Waals surface area contributed by atoms with E-state index in [1.807, 2.05) is 0 Å². The van der Waals surface area contributed by atoms with Crippen molar-refractivity contribution in [1.29, 1.82) is 0 Å². The third-order valence-electron chi connectivity index (χ3n) is 4.25. The molecule has 1 heterocycles. The summed E-state index contributed by atoms with van der Waals surface area (Å²) in [5, 5.41) is 16.8. The average Bonchev–Trinajstić information content (AvgIpc) is 2.72. The number of nitrogens with zero attached hydrogens (tertiary/aromatic N) is 2. The fourth-order valence-corrected chi connectivity index (χ4v) is 2.94. The maximum atomic E-state index is 12.5. The highest BCUT2D eigenvalue weighted by molar-refractivity contribution is 6.31. The molecular weight excluding hydrogens is 398 g/mol. The summed E-state index contributed by atoms with van der Waals surface area (Å²) in [6.07, 6.45) is 0. The van der Waals surface area contributed by atoms with Crippen LogP contribution in [0.2, 0.25) is 5.02 Å². The number of anilines is 1. The Bertz CT molecular complexity index is 1140. The van der Waals surface area contributed by atoms with E-state index in [1.54, 1.807) is 49.4 Å². The molecule has 0 aliphatic heterocycles. The number of carbonyl (C=O) groups is 2. The van der Waals surface area contributed by atoms with Crippen LogP contribution in [0, 0.1) is 6.92 Å². The van der Waals surface area contributed by atoms with E-state index in [2.05, 4.69) is 10.4 Å². The summed E-state index contributed by atoms with van der Waals surface area (Å²) in [5.41, 5.74) is 0.664. The Morgan fingerprint density at radius 3 is 2.62 bits per heavy atom. The van der Waals surface area contributed by atoms with Crippen molar-refractivity contribution in [2.24, 2.45) is 0 Å². The number of fused-ring (bicyclic) bond motifs is 1. The van der Waals surface area contributed by atoms with Crippen LogP contribution in [0.3, 0.4) is 0 Å². The average molecular weight is 416 g/mol. The third kappa shape index (κ3) is 4.44. The summed E-state index contributed by atoms with van der Waals surface area (Å²) >= 11 is 6.02. The van der Waals surface area contributed by atoms with Crippen LogP contribution in [0.15, 0.2) is 47.3 Å². The molecule has 2 aromatic carbocycles. The van der Waals surface area contributed by atoms with Crippen LogP contribution in [0.4, 0.5) is 5.69 Å². The van der Waals surface area contributed by atoms with Gasteiger partial charge >= 0.3 is 5.97 Å². The largest absolute Gasteiger partial charge is 0.451 e. The van der Waals surface area contributed by atoms with Crippen LogP contribution in [0.25, 0.3) is 10.8 Å². The second-order valence-corrected chi connectivity index (χ2v) is 6.59. The second-order valence-electron chi connectivity index (χ2n) is 6.18. The van der Waals surface area contributed by atoms with Crippen LogP contribution in [-0.2, 0) is 16.1 Å². The van der Waals surface area contributed by atoms with E-state index in [0.717, 1.165) is 4.68 Å². The number of aromatic nitrogens is 2. The topological polar surface area (TPSA) is 111 Å². The van der Waals surface area contributed by atoms with E-state index in [0.29, 0.717) is 21.7 Å². The number of aliphatic hydroxyl groups is 1. The predicted octanol–water partition coefficient (Wildman–Crippen LogP) is 2.15. The van der Waals surface area contributed by atoms with Crippen molar-refractivity contribution in [2.45, 2.75) is 13.5 Å². The van der Waals surface area contributed by atoms with Gasteiger partial charge in [0.15, 0.2) is 12.3 Å². The Kier molecular flexibility index (Phi) is 6.26. The van der Waals surface area contributed by atoms with Gasteiger partial charge in [-0.2, -0.15) is 5.10 Å². The van der Waals surface area contributed by atoms with Crippen molar-refractivity contribution in [2.75, 3.05) is 18.5 Å². The normalized spacial score (nSPS) is 10.7. The first-order valence-electron chi connectivity index (χ1n) is 8.75. The molecule has 29 heavy (non-hydrogen) atoms. The number of amides is 1. The van der Waals surface area contributed by atoms with E-state index >= 15 is 0 Å². The summed E-state index contributed by atoms with van der Waals surface area (Å²) < 4.78 is 6.08. The van der Waals surface area contributed by atoms with Crippen molar-refractivity contribution in [1.82, 2.24) is 9.78 Å². The molecule has 1 aromatic heterocycles. The number of ether oxygens (including phenoxy) is 1. The molecule has 2 N–H and O–H groups in total. The minimum Gasteiger partial charge on any atom is -0.451 e. The standard InChI is InChI=1S/C20H18ClN3O5/c1-12-15(21)7-4-8-16(12)22-17(26)11-29-20(28)18-13-5-2-3-6-14(13)19(27)24(23-18)9-10-25/h2-8,25H,9-11H2,1H3,(H,22,26). The van der Waals surface area contributed by atoms with Crippen molar-refractivity contribution in [3.8, 4) is 0 Å². The zero-order valence-electron chi connectivity index (χ0n) is 15.5. The zero-order chi connectivity index (χ0) is 21.0. The number of rotatable bonds is 6. The van der Waals surface area contributed by atoms with Gasteiger partial charge < -0.3 is 15.2 Å². The van der Waals surface area contributed by atoms with Crippen LogP contribution >= 0.6 is 11.6 Å². The van der Waals surface area contributed by atoms with Gasteiger partial charge in [-0.15, -0.1) is 0 Å². The molecule has 0 saturated carbocycles. The molecule has 0 unspecified atom stereocenters. The Morgan fingerprint density at radius 1 is 1.17 bits per heavy atom. The summed E-state index contributed by atoms with van der Waals surface area (Å²) in [7, 11) is 0. The number of esters is 1. The lowest BCUT2D eigenvalue weighted by Gasteiger charge is -2.11. The van der Waals surface area contributed by atoms with Gasteiger partial charge in [-0.25, -0.2) is 9.48 Å². The second kappa shape index (κ2) is 8.85. The number of hydrogen-bond donors (Lipinski definition) is 2. The van der Waals surface area contributed by atoms with E-state index in [4.69, 9.17) is 21.4 Å². The van der Waals surface area contributed by atoms with E-state index in [1.165, 1.54) is 0 Å². The third-order valence-corrected chi connectivity index (χ3v) is 4.66. The van der Waals surface area contributed by atoms with Crippen molar-refractivity contribution in [3.05, 3.63) is 69.1 Å². The molecule has 1 amide bonds. The van der Waals surface area contributed by atoms with E-state index in [-0.39, 0.29) is 24.2 Å². The molecule has 0 atom stereocenters. The summed E-state index contributed by atoms with van der Waals surface area (Å²) in [4.78, 5) is 37.1. The number of halogens is 1. The molecule has 3 rings (SSSR count). The number of nitrogens with one attached hydrogen (secondary N) is 1. The lowest BCUT2D eigenvalue weighted by molar-refractivity contribution is -0.119. The van der Waals surface area contributed by atoms with Gasteiger partial charge in [0, 0.05) is 16.1 Å². The molecule has 0 aliphatic carbocycles. The lowest BCUT2D eigenvalue weighted by Crippen LogP contribution is -2.28. The summed E-state index contributed by atoms with van der Waals surface area (Å²) in [6.45, 7) is 0.823. The minimum atomic E-state index is -0.856. The molecule has 0 bridgehead atoms. The maximum absolute atomic E-state index is 12.5. The van der Waals surface area contributed by atoms with Gasteiger partial charge in [-0.1, -0.05) is 35.9 Å². The van der Waals surface area contributed by atoms with Gasteiger partial charge in [0.2, 0.25) is 0 Å². The first kappa shape index (κ1) is 20.5. The van der Waals surface area contributed by atoms with Gasteiger partial charge in [-0.05, 0) is 30.7 Å². The van der Waals surface area contributed by atoms with Crippen molar-refractivity contribution < 1.29 is 19.4 Å². The monoisotopic (exact) mass is 415 g/mol. The first-order valence-corrected chi connectivity index (χ1v) is 9.13. The Balaban J connectivity index is 1.79. The van der Waals surface area contributed by atoms with E-state index in [9.17, 15) is 14.4 Å². The molecule has 0 spiro atoms. The number of hydrogen-bond acceptors (Lipinski definition) is 6. The molecule has 0 fully saturated rings. The maximum Gasteiger partial charge on any atom is 0.359 e. The Morgan fingerprint density at radius 2 is 1.90 bits per heavy atom. The molecular formula is C20H18ClN3O5. The fourth-order valence-electron chi connectivity index (χ4n) is 2.76. The summed E-state index contributed by atoms with van der Waals surface area (Å²) in [5.74, 6) is -1.40. The first-order chi connectivity index (χ1) is 13.9. The molecule has 8 nitrogen and oxygen atoms in total. The highest BCUT2D eigenvalue weighted by Crippen LogP contribution is 2.22. The predicted molar refractivity (Wildman–Crippen MR) is 108 cm³/mol. The molecule has 0 aliphatic rings. The molecule has 150 valence electrons. The Labute approximate surface area is 170 Å².